The summed E-state index contributed by atoms with van der Waals surface area (Å²) in [5.74, 6) is 0. The second-order valence-corrected chi connectivity index (χ2v) is 10.3. The standard InChI is InChI=1S/6CH2.Co.H2O/h6*1H2;;1H2. The van der Waals surface area contributed by atoms with Gasteiger partial charge in [-0.2, -0.15) is 0 Å². The average Bonchev–Trinajstić information content (AvgIpc) is 0.592. The summed E-state index contributed by atoms with van der Waals surface area (Å²) in [5.41, 5.74) is 21.7. The van der Waals surface area contributed by atoms with Gasteiger partial charge in [0.05, 0.1) is 0 Å². The summed E-state index contributed by atoms with van der Waals surface area (Å²) in [6.45, 7) is 0. The molecule has 0 atom stereocenters. The third-order valence-electron chi connectivity index (χ3n) is 0. The molecule has 2 heteroatoms. The summed E-state index contributed by atoms with van der Waals surface area (Å²) in [7, 11) is -3.15. The van der Waals surface area contributed by atoms with Crippen molar-refractivity contribution in [2.75, 3.05) is 0 Å². The third-order valence-corrected chi connectivity index (χ3v) is 0. The molecule has 0 heterocycles. The van der Waals surface area contributed by atoms with Crippen LogP contribution in [0, 0.1) is 0 Å². The van der Waals surface area contributed by atoms with Crippen LogP contribution in [-0.2, 0) is 7.92 Å². The van der Waals surface area contributed by atoms with E-state index in [1.165, 1.54) is 0 Å². The molecule has 0 aliphatic carbocycles. The van der Waals surface area contributed by atoms with E-state index in [9.17, 15) is 0 Å². The van der Waals surface area contributed by atoms with Crippen LogP contribution in [0.3, 0.4) is 0 Å². The van der Waals surface area contributed by atoms with Crippen molar-refractivity contribution < 1.29 is 13.4 Å². The number of hydrogen-bond donors (Lipinski definition) is 0. The average molecular weight is 161 g/mol. The van der Waals surface area contributed by atoms with Crippen LogP contribution in [0.4, 0.5) is 0 Å². The number of hydrogen-bond acceptors (Lipinski definition) is 0. The molecule has 0 rings (SSSR count). The van der Waals surface area contributed by atoms with E-state index in [0.29, 0.717) is 0 Å². The van der Waals surface area contributed by atoms with Crippen LogP contribution in [0.1, 0.15) is 0 Å². The zero-order chi connectivity index (χ0) is 6.41. The molecule has 0 fully saturated rings. The Balaban J connectivity index is 0. The molecule has 8 heavy (non-hydrogen) atoms. The summed E-state index contributed by atoms with van der Waals surface area (Å²) >= 11 is 0. The van der Waals surface area contributed by atoms with Crippen LogP contribution < -0.4 is 0 Å². The van der Waals surface area contributed by atoms with Crippen molar-refractivity contribution >= 4 is 32.8 Å². The zero-order valence-electron chi connectivity index (χ0n) is 5.08. The SMILES string of the molecule is O.[CH2]=[Co](=[CH2])(=[CH2])(=[CH2])(=[CH2])=[CH2]. The Morgan fingerprint density at radius 2 is 0.625 bits per heavy atom. The first kappa shape index (κ1) is 10.6. The van der Waals surface area contributed by atoms with Gasteiger partial charge in [-0.15, -0.1) is 0 Å². The molecule has 0 amide bonds. The van der Waals surface area contributed by atoms with Crippen LogP contribution in [0.5, 0.6) is 0 Å². The molecule has 0 unspecified atom stereocenters. The van der Waals surface area contributed by atoms with Gasteiger partial charge in [-0.25, -0.2) is 0 Å². The molecule has 0 aromatic carbocycles. The van der Waals surface area contributed by atoms with Gasteiger partial charge < -0.3 is 5.48 Å². The van der Waals surface area contributed by atoms with E-state index in [0.717, 1.165) is 0 Å². The molecule has 0 aliphatic rings. The Kier molecular flexibility index (Phi) is 1.33. The van der Waals surface area contributed by atoms with Crippen molar-refractivity contribution in [1.82, 2.24) is 0 Å². The van der Waals surface area contributed by atoms with Crippen LogP contribution in [0.2, 0.25) is 0 Å². The second-order valence-electron chi connectivity index (χ2n) is 2.50. The molecular formula is C6H14CoO. The monoisotopic (exact) mass is 161 g/mol. The van der Waals surface area contributed by atoms with E-state index in [4.69, 9.17) is 0 Å². The maximum absolute atomic E-state index is 3.61. The van der Waals surface area contributed by atoms with Gasteiger partial charge in [-0.05, 0) is 0 Å². The van der Waals surface area contributed by atoms with Gasteiger partial charge in [-0.3, -0.25) is 0 Å². The number of rotatable bonds is 0. The van der Waals surface area contributed by atoms with Gasteiger partial charge in [-0.1, -0.05) is 0 Å². The van der Waals surface area contributed by atoms with Crippen molar-refractivity contribution in [3.63, 3.8) is 0 Å². The minimum absolute atomic E-state index is 0. The van der Waals surface area contributed by atoms with Gasteiger partial charge in [0, 0.05) is 0 Å². The Hall–Kier alpha value is -0.314. The third kappa shape index (κ3) is 1270. The first-order valence-corrected chi connectivity index (χ1v) is 5.83. The molecule has 53 valence electrons. The molecule has 0 aromatic heterocycles. The molecule has 2 N–H and O–H groups in total. The van der Waals surface area contributed by atoms with E-state index in [1.54, 1.807) is 0 Å². The van der Waals surface area contributed by atoms with E-state index < -0.39 is 7.92 Å². The molecule has 0 aromatic rings. The molecule has 0 bridgehead atoms. The molecular weight excluding hydrogens is 147 g/mol. The van der Waals surface area contributed by atoms with Crippen LogP contribution in [0.25, 0.3) is 0 Å². The first-order chi connectivity index (χ1) is 2.45. The van der Waals surface area contributed by atoms with Crippen LogP contribution >= 0.6 is 0 Å². The fraction of sp³-hybridized carbons (Fsp3) is 0. The molecule has 0 spiro atoms. The topological polar surface area (TPSA) is 31.5 Å². The summed E-state index contributed by atoms with van der Waals surface area (Å²) in [6, 6.07) is 0. The predicted octanol–water partition coefficient (Wildman–Crippen LogP) is -1.02. The van der Waals surface area contributed by atoms with E-state index in [1.807, 2.05) is 0 Å². The van der Waals surface area contributed by atoms with Crippen molar-refractivity contribution in [1.29, 1.82) is 0 Å². The molecule has 0 aliphatic heterocycles. The first-order valence-electron chi connectivity index (χ1n) is 1.41. The molecule has 0 saturated heterocycles. The van der Waals surface area contributed by atoms with Crippen LogP contribution in [0.15, 0.2) is 0 Å². The van der Waals surface area contributed by atoms with Crippen molar-refractivity contribution in [2.45, 2.75) is 0 Å². The predicted molar refractivity (Wildman–Crippen MR) is 46.3 cm³/mol. The Morgan fingerprint density at radius 1 is 0.625 bits per heavy atom. The summed E-state index contributed by atoms with van der Waals surface area (Å²) in [5, 5.41) is 0. The van der Waals surface area contributed by atoms with Crippen LogP contribution in [-0.4, -0.2) is 38.2 Å². The van der Waals surface area contributed by atoms with E-state index >= 15 is 0 Å². The van der Waals surface area contributed by atoms with Gasteiger partial charge in [0.15, 0.2) is 0 Å². The maximum atomic E-state index is 3.61. The molecule has 0 saturated carbocycles. The Morgan fingerprint density at radius 3 is 0.625 bits per heavy atom. The fourth-order valence-electron chi connectivity index (χ4n) is 0. The van der Waals surface area contributed by atoms with Gasteiger partial charge in [0.25, 0.3) is 0 Å². The molecule has 0 radical (unpaired) electrons. The Bertz CT molecular complexity index is 436. The fourth-order valence-corrected chi connectivity index (χ4v) is 0. The quantitative estimate of drug-likeness (QED) is 0.435. The van der Waals surface area contributed by atoms with Crippen molar-refractivity contribution in [3.05, 3.63) is 0 Å². The van der Waals surface area contributed by atoms with E-state index in [-0.39, 0.29) is 5.48 Å². The molecule has 1 nitrogen and oxygen atoms in total. The minimum atomic E-state index is -3.15. The van der Waals surface area contributed by atoms with Gasteiger partial charge >= 0.3 is 40.7 Å². The Labute approximate surface area is 46.7 Å². The summed E-state index contributed by atoms with van der Waals surface area (Å²) in [4.78, 5) is 0. The zero-order valence-corrected chi connectivity index (χ0v) is 6.12. The summed E-state index contributed by atoms with van der Waals surface area (Å²) < 4.78 is 0. The van der Waals surface area contributed by atoms with Gasteiger partial charge in [0.2, 0.25) is 0 Å². The second kappa shape index (κ2) is 1.00. The normalized spacial score (nSPS) is 19.5. The van der Waals surface area contributed by atoms with Gasteiger partial charge in [0.1, 0.15) is 0 Å². The van der Waals surface area contributed by atoms with E-state index in [2.05, 4.69) is 32.8 Å². The van der Waals surface area contributed by atoms with Crippen molar-refractivity contribution in [3.8, 4) is 0 Å². The van der Waals surface area contributed by atoms with Crippen molar-refractivity contribution in [2.24, 2.45) is 0 Å². The summed E-state index contributed by atoms with van der Waals surface area (Å²) in [6.07, 6.45) is 0.